The molecule has 2 heterocycles. The first-order chi connectivity index (χ1) is 10.0. The second kappa shape index (κ2) is 4.17. The molecule has 0 saturated heterocycles. The Morgan fingerprint density at radius 1 is 1.24 bits per heavy atom. The van der Waals surface area contributed by atoms with E-state index in [2.05, 4.69) is 19.2 Å². The van der Waals surface area contributed by atoms with Gasteiger partial charge in [-0.15, -0.1) is 0 Å². The summed E-state index contributed by atoms with van der Waals surface area (Å²) in [6.45, 7) is 4.49. The number of nitrogens with one attached hydrogen (secondary N) is 1. The lowest BCUT2D eigenvalue weighted by atomic mass is 9.74. The Labute approximate surface area is 124 Å². The average molecular weight is 278 g/mol. The first-order valence-corrected chi connectivity index (χ1v) is 7.44. The molecule has 0 saturated carbocycles. The molecule has 0 radical (unpaired) electrons. The van der Waals surface area contributed by atoms with Gasteiger partial charge in [-0.3, -0.25) is 9.78 Å². The van der Waals surface area contributed by atoms with Crippen molar-refractivity contribution in [1.82, 2.24) is 10.3 Å². The molecule has 1 amide bonds. The van der Waals surface area contributed by atoms with Crippen LogP contribution in [0.15, 0.2) is 36.4 Å². The van der Waals surface area contributed by atoms with Crippen LogP contribution in [0.2, 0.25) is 0 Å². The van der Waals surface area contributed by atoms with Gasteiger partial charge in [-0.25, -0.2) is 0 Å². The Balaban J connectivity index is 1.92. The maximum absolute atomic E-state index is 12.3. The molecule has 4 rings (SSSR count). The third-order valence-electron chi connectivity index (χ3n) is 4.51. The van der Waals surface area contributed by atoms with Crippen LogP contribution in [0.5, 0.6) is 0 Å². The molecule has 0 spiro atoms. The van der Waals surface area contributed by atoms with Crippen LogP contribution in [0.25, 0.3) is 11.3 Å². The van der Waals surface area contributed by atoms with Crippen LogP contribution >= 0.6 is 0 Å². The van der Waals surface area contributed by atoms with Gasteiger partial charge in [0.25, 0.3) is 5.91 Å². The average Bonchev–Trinajstić information content (AvgIpc) is 2.75. The van der Waals surface area contributed by atoms with Crippen molar-refractivity contribution in [2.24, 2.45) is 5.41 Å². The number of hydrogen-bond donors (Lipinski definition) is 1. The smallest absolute Gasteiger partial charge is 0.252 e. The molecule has 1 atom stereocenters. The van der Waals surface area contributed by atoms with Gasteiger partial charge in [-0.1, -0.05) is 44.2 Å². The number of benzene rings is 1. The maximum atomic E-state index is 12.3. The van der Waals surface area contributed by atoms with Crippen molar-refractivity contribution in [1.29, 1.82) is 0 Å². The summed E-state index contributed by atoms with van der Waals surface area (Å²) >= 11 is 0. The van der Waals surface area contributed by atoms with E-state index in [0.717, 1.165) is 40.9 Å². The van der Waals surface area contributed by atoms with E-state index < -0.39 is 0 Å². The van der Waals surface area contributed by atoms with Crippen molar-refractivity contribution in [3.05, 3.63) is 53.2 Å². The zero-order chi connectivity index (χ0) is 14.6. The number of hydrogen-bond acceptors (Lipinski definition) is 2. The Bertz CT molecular complexity index is 734. The Morgan fingerprint density at radius 2 is 2.00 bits per heavy atom. The Hall–Kier alpha value is -2.16. The molecule has 1 unspecified atom stereocenters. The van der Waals surface area contributed by atoms with Crippen molar-refractivity contribution in [3.8, 4) is 11.3 Å². The van der Waals surface area contributed by atoms with Gasteiger partial charge < -0.3 is 5.32 Å². The lowest BCUT2D eigenvalue weighted by Gasteiger charge is -2.34. The molecule has 1 aromatic carbocycles. The summed E-state index contributed by atoms with van der Waals surface area (Å²) in [6, 6.07) is 12.2. The molecule has 1 aliphatic carbocycles. The van der Waals surface area contributed by atoms with Gasteiger partial charge in [0.05, 0.1) is 11.7 Å². The number of pyridine rings is 1. The highest BCUT2D eigenvalue weighted by Gasteiger charge is 2.40. The second-order valence-electron chi connectivity index (χ2n) is 6.85. The summed E-state index contributed by atoms with van der Waals surface area (Å²) < 4.78 is 0. The van der Waals surface area contributed by atoms with Crippen LogP contribution in [0.3, 0.4) is 0 Å². The minimum Gasteiger partial charge on any atom is -0.345 e. The van der Waals surface area contributed by atoms with E-state index in [9.17, 15) is 4.79 Å². The van der Waals surface area contributed by atoms with Crippen LogP contribution in [0.4, 0.5) is 0 Å². The zero-order valence-electron chi connectivity index (χ0n) is 12.3. The van der Waals surface area contributed by atoms with Gasteiger partial charge in [-0.2, -0.15) is 0 Å². The topological polar surface area (TPSA) is 42.0 Å². The lowest BCUT2D eigenvalue weighted by Crippen LogP contribution is -2.30. The third kappa shape index (κ3) is 1.96. The van der Waals surface area contributed by atoms with E-state index in [1.165, 1.54) is 0 Å². The van der Waals surface area contributed by atoms with Gasteiger partial charge in [-0.05, 0) is 24.3 Å². The first kappa shape index (κ1) is 12.6. The van der Waals surface area contributed by atoms with E-state index >= 15 is 0 Å². The molecule has 0 fully saturated rings. The zero-order valence-corrected chi connectivity index (χ0v) is 12.3. The SMILES string of the molecule is CC1(C)Cc2nc(-c3ccccc3)cc3c2C(C1)NC3=O. The van der Waals surface area contributed by atoms with Crippen LogP contribution in [-0.4, -0.2) is 10.9 Å². The highest BCUT2D eigenvalue weighted by molar-refractivity contribution is 6.00. The Kier molecular flexibility index (Phi) is 2.49. The second-order valence-corrected chi connectivity index (χ2v) is 6.85. The molecule has 2 aliphatic rings. The number of amides is 1. The summed E-state index contributed by atoms with van der Waals surface area (Å²) in [5.41, 5.74) is 5.19. The quantitative estimate of drug-likeness (QED) is 0.867. The standard InChI is InChI=1S/C18H18N2O/c1-18(2)9-14-16-12(17(21)20-15(16)10-18)8-13(19-14)11-6-4-3-5-7-11/h3-8,15H,9-10H2,1-2H3,(H,20,21). The number of aromatic nitrogens is 1. The molecule has 21 heavy (non-hydrogen) atoms. The van der Waals surface area contributed by atoms with Gasteiger partial charge >= 0.3 is 0 Å². The van der Waals surface area contributed by atoms with E-state index in [4.69, 9.17) is 4.98 Å². The van der Waals surface area contributed by atoms with Crippen LogP contribution in [0.1, 0.15) is 47.9 Å². The van der Waals surface area contributed by atoms with Crippen molar-refractivity contribution in [2.75, 3.05) is 0 Å². The highest BCUT2D eigenvalue weighted by Crippen LogP contribution is 2.44. The molecule has 2 aromatic rings. The van der Waals surface area contributed by atoms with Crippen LogP contribution < -0.4 is 5.32 Å². The minimum atomic E-state index is 0.0496. The minimum absolute atomic E-state index is 0.0496. The summed E-state index contributed by atoms with van der Waals surface area (Å²) in [5.74, 6) is 0.0496. The molecule has 3 heteroatoms. The van der Waals surface area contributed by atoms with Crippen molar-refractivity contribution >= 4 is 5.91 Å². The molecule has 1 aromatic heterocycles. The predicted molar refractivity (Wildman–Crippen MR) is 82.0 cm³/mol. The molecular formula is C18H18N2O. The van der Waals surface area contributed by atoms with E-state index in [-0.39, 0.29) is 17.4 Å². The summed E-state index contributed by atoms with van der Waals surface area (Å²) in [5, 5.41) is 3.12. The van der Waals surface area contributed by atoms with Gasteiger partial charge in [0.15, 0.2) is 0 Å². The highest BCUT2D eigenvalue weighted by atomic mass is 16.2. The summed E-state index contributed by atoms with van der Waals surface area (Å²) in [4.78, 5) is 17.1. The lowest BCUT2D eigenvalue weighted by molar-refractivity contribution is 0.0947. The molecule has 0 bridgehead atoms. The fourth-order valence-electron chi connectivity index (χ4n) is 3.62. The summed E-state index contributed by atoms with van der Waals surface area (Å²) in [7, 11) is 0. The molecule has 1 aliphatic heterocycles. The molecule has 3 nitrogen and oxygen atoms in total. The fourth-order valence-corrected chi connectivity index (χ4v) is 3.62. The van der Waals surface area contributed by atoms with E-state index in [1.807, 2.05) is 36.4 Å². The predicted octanol–water partition coefficient (Wildman–Crippen LogP) is 3.51. The van der Waals surface area contributed by atoms with Crippen molar-refractivity contribution in [2.45, 2.75) is 32.7 Å². The number of carbonyl (C=O) groups is 1. The molecule has 1 N–H and O–H groups in total. The number of rotatable bonds is 1. The van der Waals surface area contributed by atoms with Crippen LogP contribution in [-0.2, 0) is 6.42 Å². The molecule has 106 valence electrons. The number of nitrogens with zero attached hydrogens (tertiary/aromatic N) is 1. The monoisotopic (exact) mass is 278 g/mol. The van der Waals surface area contributed by atoms with E-state index in [0.29, 0.717) is 0 Å². The van der Waals surface area contributed by atoms with Crippen molar-refractivity contribution < 1.29 is 4.79 Å². The fraction of sp³-hybridized carbons (Fsp3) is 0.333. The summed E-state index contributed by atoms with van der Waals surface area (Å²) in [6.07, 6.45) is 1.92. The van der Waals surface area contributed by atoms with Gasteiger partial charge in [0.1, 0.15) is 0 Å². The van der Waals surface area contributed by atoms with Crippen LogP contribution in [0, 0.1) is 5.41 Å². The first-order valence-electron chi connectivity index (χ1n) is 7.44. The van der Waals surface area contributed by atoms with Gasteiger partial charge in [0, 0.05) is 22.4 Å². The van der Waals surface area contributed by atoms with Gasteiger partial charge in [0.2, 0.25) is 0 Å². The Morgan fingerprint density at radius 3 is 2.76 bits per heavy atom. The van der Waals surface area contributed by atoms with E-state index in [1.54, 1.807) is 0 Å². The third-order valence-corrected chi connectivity index (χ3v) is 4.51. The largest absolute Gasteiger partial charge is 0.345 e. The van der Waals surface area contributed by atoms with Crippen molar-refractivity contribution in [3.63, 3.8) is 0 Å². The molecular weight excluding hydrogens is 260 g/mol. The maximum Gasteiger partial charge on any atom is 0.252 e. The number of carbonyl (C=O) groups excluding carboxylic acids is 1. The normalized spacial score (nSPS) is 21.8.